The maximum atomic E-state index is 11.4. The lowest BCUT2D eigenvalue weighted by Crippen LogP contribution is -2.48. The zero-order valence-corrected chi connectivity index (χ0v) is 12.8. The van der Waals surface area contributed by atoms with Gasteiger partial charge in [0.2, 0.25) is 5.91 Å². The molecule has 0 saturated carbocycles. The monoisotopic (exact) mass is 318 g/mol. The zero-order chi connectivity index (χ0) is 14.7. The molecule has 0 aromatic heterocycles. The molecule has 3 heterocycles. The summed E-state index contributed by atoms with van der Waals surface area (Å²) >= 11 is 3.13. The van der Waals surface area contributed by atoms with E-state index in [0.29, 0.717) is 11.7 Å². The molecule has 2 saturated heterocycles. The highest BCUT2D eigenvalue weighted by Gasteiger charge is 2.49. The highest BCUT2D eigenvalue weighted by Crippen LogP contribution is 2.51. The van der Waals surface area contributed by atoms with Crippen molar-refractivity contribution in [1.29, 1.82) is 0 Å². The number of carboxylic acid groups (broad SMARTS) is 1. The van der Waals surface area contributed by atoms with Crippen LogP contribution >= 0.6 is 23.5 Å². The van der Waals surface area contributed by atoms with Crippen LogP contribution in [0.4, 0.5) is 0 Å². The van der Waals surface area contributed by atoms with Gasteiger partial charge >= 0.3 is 5.97 Å². The van der Waals surface area contributed by atoms with Crippen LogP contribution in [0.25, 0.3) is 0 Å². The Balaban J connectivity index is 0.000000452. The van der Waals surface area contributed by atoms with E-state index in [-0.39, 0.29) is 23.6 Å². The lowest BCUT2D eigenvalue weighted by molar-refractivity contribution is -0.145. The van der Waals surface area contributed by atoms with Crippen LogP contribution in [0.3, 0.4) is 0 Å². The van der Waals surface area contributed by atoms with Crippen molar-refractivity contribution in [2.75, 3.05) is 19.7 Å². The Kier molecular flexibility index (Phi) is 5.36. The molecular formula is C12H18N2O4S2. The van der Waals surface area contributed by atoms with Gasteiger partial charge in [-0.2, -0.15) is 0 Å². The molecule has 2 fully saturated rings. The van der Waals surface area contributed by atoms with Gasteiger partial charge < -0.3 is 15.5 Å². The number of carboxylic acids is 1. The van der Waals surface area contributed by atoms with Gasteiger partial charge in [-0.3, -0.25) is 9.69 Å². The number of fused-ring (bicyclic) bond motifs is 1. The van der Waals surface area contributed by atoms with Crippen molar-refractivity contribution in [1.82, 2.24) is 10.2 Å². The van der Waals surface area contributed by atoms with Gasteiger partial charge in [0.25, 0.3) is 0 Å². The fourth-order valence-electron chi connectivity index (χ4n) is 2.18. The van der Waals surface area contributed by atoms with E-state index in [2.05, 4.69) is 5.32 Å². The zero-order valence-electron chi connectivity index (χ0n) is 11.2. The van der Waals surface area contributed by atoms with Crippen LogP contribution in [0.5, 0.6) is 0 Å². The van der Waals surface area contributed by atoms with Crippen molar-refractivity contribution in [3.8, 4) is 0 Å². The molecule has 0 aliphatic carbocycles. The molecule has 3 rings (SSSR count). The second-order valence-electron chi connectivity index (χ2n) is 4.53. The van der Waals surface area contributed by atoms with Gasteiger partial charge in [0.15, 0.2) is 5.70 Å². The number of nitrogens with one attached hydrogen (secondary N) is 1. The number of amides is 1. The van der Waals surface area contributed by atoms with Crippen molar-refractivity contribution in [2.24, 2.45) is 0 Å². The van der Waals surface area contributed by atoms with Gasteiger partial charge in [0.05, 0.1) is 16.0 Å². The maximum Gasteiger partial charge on any atom is 0.354 e. The van der Waals surface area contributed by atoms with E-state index in [9.17, 15) is 14.7 Å². The number of aliphatic carboxylic acids is 1. The Morgan fingerprint density at radius 3 is 2.80 bits per heavy atom. The summed E-state index contributed by atoms with van der Waals surface area (Å²) in [4.78, 5) is 24.1. The van der Waals surface area contributed by atoms with Crippen molar-refractivity contribution < 1.29 is 19.8 Å². The minimum Gasteiger partial charge on any atom is -0.477 e. The van der Waals surface area contributed by atoms with Gasteiger partial charge in [0.1, 0.15) is 0 Å². The average Bonchev–Trinajstić information content (AvgIpc) is 2.96. The highest BCUT2D eigenvalue weighted by atomic mass is 32.2. The normalized spacial score (nSPS) is 27.9. The number of hydrogen-bond donors (Lipinski definition) is 3. The van der Waals surface area contributed by atoms with Crippen LogP contribution in [-0.4, -0.2) is 57.3 Å². The predicted molar refractivity (Wildman–Crippen MR) is 79.1 cm³/mol. The summed E-state index contributed by atoms with van der Waals surface area (Å²) in [6.45, 7) is 3.84. The standard InChI is InChI=1S/C10H12N2O3S2.C2H6O/c13-6-3-7-12(6)8(9(14)15)10(17-7)16-5-1-2-11-4-5;1-2-3/h5,7,11H,1-4H2,(H,14,15);3H,2H2,1H3. The third-order valence-electron chi connectivity index (χ3n) is 3.07. The molecule has 0 radical (unpaired) electrons. The van der Waals surface area contributed by atoms with Gasteiger partial charge in [-0.1, -0.05) is 11.8 Å². The summed E-state index contributed by atoms with van der Waals surface area (Å²) in [6, 6.07) is 0. The van der Waals surface area contributed by atoms with Gasteiger partial charge in [-0.25, -0.2) is 4.79 Å². The van der Waals surface area contributed by atoms with E-state index >= 15 is 0 Å². The van der Waals surface area contributed by atoms with E-state index in [4.69, 9.17) is 5.11 Å². The van der Waals surface area contributed by atoms with E-state index in [1.165, 1.54) is 16.7 Å². The molecule has 6 nitrogen and oxygen atoms in total. The van der Waals surface area contributed by atoms with Crippen LogP contribution in [0, 0.1) is 0 Å². The first kappa shape index (κ1) is 15.7. The minimum absolute atomic E-state index is 0.0328. The fourth-order valence-corrected chi connectivity index (χ4v) is 5.28. The predicted octanol–water partition coefficient (Wildman–Crippen LogP) is 0.639. The van der Waals surface area contributed by atoms with Gasteiger partial charge in [-0.05, 0) is 19.9 Å². The highest BCUT2D eigenvalue weighted by molar-refractivity contribution is 8.23. The van der Waals surface area contributed by atoms with E-state index < -0.39 is 5.97 Å². The molecule has 2 unspecified atom stereocenters. The van der Waals surface area contributed by atoms with Gasteiger partial charge in [0, 0.05) is 18.4 Å². The summed E-state index contributed by atoms with van der Waals surface area (Å²) in [5, 5.41) is 20.5. The number of aliphatic hydroxyl groups is 1. The van der Waals surface area contributed by atoms with E-state index in [1.54, 1.807) is 18.7 Å². The second kappa shape index (κ2) is 6.84. The van der Waals surface area contributed by atoms with Crippen LogP contribution in [-0.2, 0) is 9.59 Å². The van der Waals surface area contributed by atoms with Crippen LogP contribution in [0.1, 0.15) is 19.8 Å². The number of thioether (sulfide) groups is 2. The quantitative estimate of drug-likeness (QED) is 0.658. The first-order valence-corrected chi connectivity index (χ1v) is 8.28. The van der Waals surface area contributed by atoms with Gasteiger partial charge in [-0.15, -0.1) is 11.8 Å². The second-order valence-corrected chi connectivity index (χ2v) is 7.29. The van der Waals surface area contributed by atoms with Crippen molar-refractivity contribution >= 4 is 35.4 Å². The summed E-state index contributed by atoms with van der Waals surface area (Å²) in [5.41, 5.74) is 0.202. The molecule has 2 atom stereocenters. The maximum absolute atomic E-state index is 11.4. The number of β-lactam (4-membered cyclic amide) rings is 1. The largest absolute Gasteiger partial charge is 0.477 e. The van der Waals surface area contributed by atoms with Crippen LogP contribution in [0.2, 0.25) is 0 Å². The minimum atomic E-state index is -0.985. The molecule has 0 spiro atoms. The van der Waals surface area contributed by atoms with E-state index in [1.807, 2.05) is 0 Å². The molecule has 3 N–H and O–H groups in total. The Hall–Kier alpha value is -0.700. The van der Waals surface area contributed by atoms with Crippen molar-refractivity contribution in [2.45, 2.75) is 30.4 Å². The number of nitrogens with zero attached hydrogens (tertiary/aromatic N) is 1. The molecule has 0 aromatic carbocycles. The number of aliphatic hydroxyl groups excluding tert-OH is 1. The summed E-state index contributed by atoms with van der Waals surface area (Å²) < 4.78 is 0.807. The Morgan fingerprint density at radius 1 is 1.60 bits per heavy atom. The topological polar surface area (TPSA) is 89.9 Å². The summed E-state index contributed by atoms with van der Waals surface area (Å²) in [7, 11) is 0. The Labute approximate surface area is 126 Å². The third-order valence-corrected chi connectivity index (χ3v) is 5.85. The van der Waals surface area contributed by atoms with Crippen molar-refractivity contribution in [3.05, 3.63) is 9.93 Å². The summed E-state index contributed by atoms with van der Waals surface area (Å²) in [6.07, 6.45) is 1.52. The average molecular weight is 318 g/mol. The third kappa shape index (κ3) is 3.13. The van der Waals surface area contributed by atoms with Crippen LogP contribution in [0.15, 0.2) is 9.93 Å². The molecule has 1 amide bonds. The Morgan fingerprint density at radius 2 is 2.30 bits per heavy atom. The first-order chi connectivity index (χ1) is 9.58. The molecule has 0 aromatic rings. The Bertz CT molecular complexity index is 435. The molecule has 20 heavy (non-hydrogen) atoms. The molecule has 3 aliphatic heterocycles. The molecule has 112 valence electrons. The fraction of sp³-hybridized carbons (Fsp3) is 0.667. The molecule has 0 bridgehead atoms. The SMILES string of the molecule is CCO.O=C(O)C1=C(SC2CCNC2)SC2CC(=O)N12. The number of carbonyl (C=O) groups is 2. The van der Waals surface area contributed by atoms with Crippen LogP contribution < -0.4 is 5.32 Å². The first-order valence-electron chi connectivity index (χ1n) is 6.53. The molecular weight excluding hydrogens is 300 g/mol. The summed E-state index contributed by atoms with van der Waals surface area (Å²) in [5.74, 6) is -1.05. The lowest BCUT2D eigenvalue weighted by Gasteiger charge is -2.33. The number of hydrogen-bond acceptors (Lipinski definition) is 6. The molecule has 8 heteroatoms. The lowest BCUT2D eigenvalue weighted by atomic mass is 10.2. The van der Waals surface area contributed by atoms with E-state index in [0.717, 1.165) is 23.7 Å². The number of rotatable bonds is 3. The smallest absolute Gasteiger partial charge is 0.354 e. The molecule has 3 aliphatic rings. The van der Waals surface area contributed by atoms with Crippen molar-refractivity contribution in [3.63, 3.8) is 0 Å². The number of carbonyl (C=O) groups excluding carboxylic acids is 1.